The van der Waals surface area contributed by atoms with Crippen molar-refractivity contribution in [3.05, 3.63) is 0 Å². The fraction of sp³-hybridized carbons (Fsp3) is 0.833. The van der Waals surface area contributed by atoms with Crippen LogP contribution < -0.4 is 0 Å². The molecule has 5 nitrogen and oxygen atoms in total. The number of urea groups is 1. The lowest BCUT2D eigenvalue weighted by atomic mass is 10.4. The molecule has 0 aromatic rings. The Balaban J connectivity index is 2.44. The van der Waals surface area contributed by atoms with Gasteiger partial charge in [-0.2, -0.15) is 0 Å². The van der Waals surface area contributed by atoms with E-state index in [2.05, 4.69) is 0 Å². The van der Waals surface area contributed by atoms with Gasteiger partial charge in [-0.1, -0.05) is 0 Å². The maximum absolute atomic E-state index is 12.0. The Bertz CT molecular complexity index is 271. The van der Waals surface area contributed by atoms with Crippen molar-refractivity contribution >= 4 is 11.9 Å². The maximum atomic E-state index is 12.0. The Morgan fingerprint density at radius 3 is 2.12 bits per heavy atom. The molecule has 1 rings (SSSR count). The van der Waals surface area contributed by atoms with Gasteiger partial charge in [-0.05, 0) is 26.7 Å². The standard InChI is InChI=1S/C12H23N3O2/c1-4-14(5-2)11(16)10-13(3)12(17)15-8-6-7-9-15/h4-10H2,1-3H3. The summed E-state index contributed by atoms with van der Waals surface area (Å²) in [6.45, 7) is 7.11. The lowest BCUT2D eigenvalue weighted by Crippen LogP contribution is -2.45. The van der Waals surface area contributed by atoms with Crippen LogP contribution in [0.4, 0.5) is 4.79 Å². The molecule has 0 aliphatic carbocycles. The van der Waals surface area contributed by atoms with E-state index in [0.717, 1.165) is 25.9 Å². The Morgan fingerprint density at radius 1 is 1.12 bits per heavy atom. The number of nitrogens with zero attached hydrogens (tertiary/aromatic N) is 3. The predicted octanol–water partition coefficient (Wildman–Crippen LogP) is 1.00. The first-order valence-electron chi connectivity index (χ1n) is 6.38. The van der Waals surface area contributed by atoms with E-state index in [0.29, 0.717) is 13.1 Å². The molecule has 5 heteroatoms. The Kier molecular flexibility index (Phi) is 5.25. The first-order valence-corrected chi connectivity index (χ1v) is 6.38. The first-order chi connectivity index (χ1) is 8.10. The highest BCUT2D eigenvalue weighted by Gasteiger charge is 2.23. The molecule has 1 aliphatic rings. The highest BCUT2D eigenvalue weighted by molar-refractivity contribution is 5.84. The number of rotatable bonds is 4. The van der Waals surface area contributed by atoms with Crippen LogP contribution in [0, 0.1) is 0 Å². The van der Waals surface area contributed by atoms with Gasteiger partial charge in [0, 0.05) is 33.2 Å². The molecule has 0 N–H and O–H groups in total. The molecule has 0 aromatic heterocycles. The van der Waals surface area contributed by atoms with E-state index in [1.807, 2.05) is 18.7 Å². The van der Waals surface area contributed by atoms with Gasteiger partial charge >= 0.3 is 6.03 Å². The van der Waals surface area contributed by atoms with Crippen molar-refractivity contribution in [1.29, 1.82) is 0 Å². The number of hydrogen-bond donors (Lipinski definition) is 0. The monoisotopic (exact) mass is 241 g/mol. The van der Waals surface area contributed by atoms with Gasteiger partial charge in [0.15, 0.2) is 0 Å². The highest BCUT2D eigenvalue weighted by Crippen LogP contribution is 2.09. The second-order valence-electron chi connectivity index (χ2n) is 4.40. The normalized spacial score (nSPS) is 14.9. The van der Waals surface area contributed by atoms with Crippen molar-refractivity contribution in [3.63, 3.8) is 0 Å². The Hall–Kier alpha value is -1.26. The summed E-state index contributed by atoms with van der Waals surface area (Å²) in [7, 11) is 1.70. The molecule has 1 saturated heterocycles. The van der Waals surface area contributed by atoms with Crippen molar-refractivity contribution in [2.45, 2.75) is 26.7 Å². The molecule has 0 radical (unpaired) electrons. The molecule has 1 aliphatic heterocycles. The van der Waals surface area contributed by atoms with Crippen LogP contribution in [0.25, 0.3) is 0 Å². The fourth-order valence-electron chi connectivity index (χ4n) is 2.10. The molecule has 1 heterocycles. The van der Waals surface area contributed by atoms with E-state index in [4.69, 9.17) is 0 Å². The lowest BCUT2D eigenvalue weighted by molar-refractivity contribution is -0.131. The van der Waals surface area contributed by atoms with Crippen LogP contribution >= 0.6 is 0 Å². The molecule has 17 heavy (non-hydrogen) atoms. The lowest BCUT2D eigenvalue weighted by Gasteiger charge is -2.26. The summed E-state index contributed by atoms with van der Waals surface area (Å²) in [6, 6.07) is -0.0250. The molecule has 0 spiro atoms. The third-order valence-electron chi connectivity index (χ3n) is 3.19. The number of likely N-dealkylation sites (N-methyl/N-ethyl adjacent to an activating group) is 2. The minimum absolute atomic E-state index is 0.0186. The van der Waals surface area contributed by atoms with Gasteiger partial charge in [-0.15, -0.1) is 0 Å². The number of amides is 3. The van der Waals surface area contributed by atoms with Crippen LogP contribution in [0.1, 0.15) is 26.7 Å². The summed E-state index contributed by atoms with van der Waals surface area (Å²) in [6.07, 6.45) is 2.15. The van der Waals surface area contributed by atoms with Crippen molar-refractivity contribution in [1.82, 2.24) is 14.7 Å². The van der Waals surface area contributed by atoms with Gasteiger partial charge in [-0.3, -0.25) is 4.79 Å². The summed E-state index contributed by atoms with van der Waals surface area (Å²) in [5.41, 5.74) is 0. The molecule has 0 saturated carbocycles. The van der Waals surface area contributed by atoms with Crippen molar-refractivity contribution < 1.29 is 9.59 Å². The quantitative estimate of drug-likeness (QED) is 0.737. The average Bonchev–Trinajstić information content (AvgIpc) is 2.83. The fourth-order valence-corrected chi connectivity index (χ4v) is 2.10. The van der Waals surface area contributed by atoms with Gasteiger partial charge < -0.3 is 14.7 Å². The van der Waals surface area contributed by atoms with E-state index in [9.17, 15) is 9.59 Å². The van der Waals surface area contributed by atoms with Gasteiger partial charge in [0.2, 0.25) is 5.91 Å². The summed E-state index contributed by atoms with van der Waals surface area (Å²) >= 11 is 0. The molecule has 0 unspecified atom stereocenters. The molecule has 1 fully saturated rings. The predicted molar refractivity (Wildman–Crippen MR) is 66.8 cm³/mol. The number of hydrogen-bond acceptors (Lipinski definition) is 2. The van der Waals surface area contributed by atoms with Crippen molar-refractivity contribution in [2.75, 3.05) is 39.8 Å². The zero-order valence-electron chi connectivity index (χ0n) is 11.1. The molecule has 0 bridgehead atoms. The second kappa shape index (κ2) is 6.47. The molecule has 0 aromatic carbocycles. The van der Waals surface area contributed by atoms with Gasteiger partial charge in [-0.25, -0.2) is 4.79 Å². The zero-order valence-corrected chi connectivity index (χ0v) is 11.1. The van der Waals surface area contributed by atoms with Gasteiger partial charge in [0.1, 0.15) is 6.54 Å². The van der Waals surface area contributed by atoms with Crippen molar-refractivity contribution in [2.24, 2.45) is 0 Å². The molecule has 3 amide bonds. The van der Waals surface area contributed by atoms with Crippen LogP contribution in [0.3, 0.4) is 0 Å². The average molecular weight is 241 g/mol. The minimum Gasteiger partial charge on any atom is -0.342 e. The number of carbonyl (C=O) groups excluding carboxylic acids is 2. The van der Waals surface area contributed by atoms with Crippen LogP contribution in [0.5, 0.6) is 0 Å². The smallest absolute Gasteiger partial charge is 0.320 e. The molecule has 98 valence electrons. The van der Waals surface area contributed by atoms with E-state index in [1.165, 1.54) is 4.90 Å². The van der Waals surface area contributed by atoms with Crippen molar-refractivity contribution in [3.8, 4) is 0 Å². The van der Waals surface area contributed by atoms with E-state index < -0.39 is 0 Å². The topological polar surface area (TPSA) is 43.9 Å². The Morgan fingerprint density at radius 2 is 1.65 bits per heavy atom. The molecular weight excluding hydrogens is 218 g/mol. The van der Waals surface area contributed by atoms with Gasteiger partial charge in [0.25, 0.3) is 0 Å². The van der Waals surface area contributed by atoms with Crippen LogP contribution in [0.2, 0.25) is 0 Å². The van der Waals surface area contributed by atoms with E-state index >= 15 is 0 Å². The molecule has 0 atom stereocenters. The molecular formula is C12H23N3O2. The maximum Gasteiger partial charge on any atom is 0.320 e. The summed E-state index contributed by atoms with van der Waals surface area (Å²) < 4.78 is 0. The largest absolute Gasteiger partial charge is 0.342 e. The zero-order chi connectivity index (χ0) is 12.8. The van der Waals surface area contributed by atoms with E-state index in [1.54, 1.807) is 11.9 Å². The Labute approximate surface area is 103 Å². The third-order valence-corrected chi connectivity index (χ3v) is 3.19. The second-order valence-corrected chi connectivity index (χ2v) is 4.40. The van der Waals surface area contributed by atoms with E-state index in [-0.39, 0.29) is 18.5 Å². The number of carbonyl (C=O) groups is 2. The van der Waals surface area contributed by atoms with Crippen LogP contribution in [0.15, 0.2) is 0 Å². The summed E-state index contributed by atoms with van der Waals surface area (Å²) in [4.78, 5) is 28.9. The SMILES string of the molecule is CCN(CC)C(=O)CN(C)C(=O)N1CCCC1. The highest BCUT2D eigenvalue weighted by atomic mass is 16.2. The minimum atomic E-state index is -0.0250. The summed E-state index contributed by atoms with van der Waals surface area (Å²) in [5.74, 6) is 0.0186. The van der Waals surface area contributed by atoms with Crippen LogP contribution in [-0.4, -0.2) is 66.4 Å². The number of likely N-dealkylation sites (tertiary alicyclic amines) is 1. The van der Waals surface area contributed by atoms with Crippen LogP contribution in [-0.2, 0) is 4.79 Å². The third kappa shape index (κ3) is 3.61. The summed E-state index contributed by atoms with van der Waals surface area (Å²) in [5, 5.41) is 0. The van der Waals surface area contributed by atoms with Gasteiger partial charge in [0.05, 0.1) is 0 Å². The first kappa shape index (κ1) is 13.8.